The van der Waals surface area contributed by atoms with Crippen molar-refractivity contribution in [2.45, 2.75) is 40.7 Å². The zero-order valence-corrected chi connectivity index (χ0v) is 19.7. The average molecular weight is 437 g/mol. The van der Waals surface area contributed by atoms with Gasteiger partial charge in [0.15, 0.2) is 0 Å². The Kier molecular flexibility index (Phi) is 8.80. The number of carbonyl (C=O) groups excluding carboxylic acids is 2. The number of hydrogen-bond donors (Lipinski definition) is 1. The molecule has 7 nitrogen and oxygen atoms in total. The number of aryl methyl sites for hydroxylation is 1. The molecular weight excluding hydrogens is 404 g/mol. The van der Waals surface area contributed by atoms with Crippen LogP contribution in [0.1, 0.15) is 54.1 Å². The van der Waals surface area contributed by atoms with Crippen LogP contribution >= 0.6 is 0 Å². The molecule has 170 valence electrons. The van der Waals surface area contributed by atoms with Crippen LogP contribution in [-0.4, -0.2) is 48.1 Å². The summed E-state index contributed by atoms with van der Waals surface area (Å²) in [7, 11) is 1.66. The Morgan fingerprint density at radius 1 is 1.22 bits per heavy atom. The number of anilines is 1. The highest BCUT2D eigenvalue weighted by Crippen LogP contribution is 2.23. The molecule has 0 aliphatic rings. The number of carbonyl (C=O) groups is 2. The normalized spacial score (nSPS) is 12.2. The number of nitriles is 1. The van der Waals surface area contributed by atoms with Crippen molar-refractivity contribution in [3.05, 3.63) is 58.4 Å². The van der Waals surface area contributed by atoms with E-state index in [9.17, 15) is 14.9 Å². The van der Waals surface area contributed by atoms with Crippen LogP contribution in [0, 0.1) is 25.2 Å². The van der Waals surface area contributed by atoms with E-state index in [2.05, 4.69) is 16.8 Å². The van der Waals surface area contributed by atoms with E-state index in [0.717, 1.165) is 17.0 Å². The summed E-state index contributed by atoms with van der Waals surface area (Å²) < 4.78 is 7.39. The lowest BCUT2D eigenvalue weighted by molar-refractivity contribution is -0.112. The maximum Gasteiger partial charge on any atom is 0.266 e. The Bertz CT molecular complexity index is 1020. The Morgan fingerprint density at radius 2 is 1.84 bits per heavy atom. The van der Waals surface area contributed by atoms with Crippen LogP contribution in [0.3, 0.4) is 0 Å². The first-order chi connectivity index (χ1) is 15.3. The van der Waals surface area contributed by atoms with Crippen molar-refractivity contribution >= 4 is 23.6 Å². The van der Waals surface area contributed by atoms with Gasteiger partial charge in [-0.05, 0) is 76.6 Å². The predicted molar refractivity (Wildman–Crippen MR) is 126 cm³/mol. The van der Waals surface area contributed by atoms with Crippen molar-refractivity contribution in [3.8, 4) is 6.07 Å². The molecule has 0 bridgehead atoms. The van der Waals surface area contributed by atoms with Gasteiger partial charge in [0, 0.05) is 42.8 Å². The Balaban J connectivity index is 2.20. The number of nitrogens with zero attached hydrogens (tertiary/aromatic N) is 3. The largest absolute Gasteiger partial charge is 0.383 e. The molecule has 2 amide bonds. The smallest absolute Gasteiger partial charge is 0.266 e. The van der Waals surface area contributed by atoms with E-state index in [1.165, 1.54) is 0 Å². The topological polar surface area (TPSA) is 87.4 Å². The molecule has 0 spiro atoms. The molecule has 1 aromatic carbocycles. The van der Waals surface area contributed by atoms with Gasteiger partial charge in [-0.15, -0.1) is 0 Å². The summed E-state index contributed by atoms with van der Waals surface area (Å²) in [6, 6.07) is 10.8. The van der Waals surface area contributed by atoms with Crippen LogP contribution in [-0.2, 0) is 9.53 Å². The molecule has 1 atom stereocenters. The summed E-state index contributed by atoms with van der Waals surface area (Å²) in [4.78, 5) is 26.9. The van der Waals surface area contributed by atoms with E-state index in [4.69, 9.17) is 4.74 Å². The summed E-state index contributed by atoms with van der Waals surface area (Å²) >= 11 is 0. The number of benzene rings is 1. The number of rotatable bonds is 9. The number of amides is 2. The van der Waals surface area contributed by atoms with Gasteiger partial charge in [0.05, 0.1) is 12.6 Å². The number of nitrogens with one attached hydrogen (secondary N) is 1. The average Bonchev–Trinajstić information content (AvgIpc) is 3.06. The first-order valence-electron chi connectivity index (χ1n) is 10.8. The number of ether oxygens (including phenoxy) is 1. The van der Waals surface area contributed by atoms with Crippen molar-refractivity contribution in [2.24, 2.45) is 0 Å². The second-order valence-corrected chi connectivity index (χ2v) is 7.68. The van der Waals surface area contributed by atoms with Gasteiger partial charge in [0.2, 0.25) is 0 Å². The van der Waals surface area contributed by atoms with E-state index in [0.29, 0.717) is 30.9 Å². The third-order valence-corrected chi connectivity index (χ3v) is 5.48. The minimum atomic E-state index is -0.495. The van der Waals surface area contributed by atoms with Gasteiger partial charge >= 0.3 is 0 Å². The molecule has 0 saturated heterocycles. The lowest BCUT2D eigenvalue weighted by Crippen LogP contribution is -2.30. The van der Waals surface area contributed by atoms with Gasteiger partial charge in [-0.1, -0.05) is 0 Å². The van der Waals surface area contributed by atoms with Crippen LogP contribution in [0.25, 0.3) is 6.08 Å². The summed E-state index contributed by atoms with van der Waals surface area (Å²) in [5.74, 6) is -0.548. The maximum absolute atomic E-state index is 12.7. The highest BCUT2D eigenvalue weighted by atomic mass is 16.5. The van der Waals surface area contributed by atoms with E-state index in [-0.39, 0.29) is 17.5 Å². The summed E-state index contributed by atoms with van der Waals surface area (Å²) in [5, 5.41) is 12.3. The fraction of sp³-hybridized carbons (Fsp3) is 0.400. The first-order valence-corrected chi connectivity index (χ1v) is 10.8. The molecule has 2 aromatic rings. The quantitative estimate of drug-likeness (QED) is 0.468. The fourth-order valence-electron chi connectivity index (χ4n) is 3.83. The molecule has 7 heteroatoms. The zero-order chi connectivity index (χ0) is 23.8. The number of hydrogen-bond acceptors (Lipinski definition) is 4. The van der Waals surface area contributed by atoms with Gasteiger partial charge in [-0.25, -0.2) is 0 Å². The zero-order valence-electron chi connectivity index (χ0n) is 19.7. The van der Waals surface area contributed by atoms with Crippen LogP contribution in [0.5, 0.6) is 0 Å². The van der Waals surface area contributed by atoms with Crippen molar-refractivity contribution in [1.82, 2.24) is 9.47 Å². The Labute approximate surface area is 190 Å². The van der Waals surface area contributed by atoms with E-state index < -0.39 is 5.91 Å². The summed E-state index contributed by atoms with van der Waals surface area (Å²) in [6.07, 6.45) is 1.60. The van der Waals surface area contributed by atoms with Crippen molar-refractivity contribution in [1.29, 1.82) is 5.26 Å². The third-order valence-electron chi connectivity index (χ3n) is 5.48. The molecule has 2 rings (SSSR count). The molecule has 1 unspecified atom stereocenters. The Hall–Kier alpha value is -3.37. The molecule has 0 saturated carbocycles. The summed E-state index contributed by atoms with van der Waals surface area (Å²) in [6.45, 7) is 11.7. The molecule has 0 fully saturated rings. The summed E-state index contributed by atoms with van der Waals surface area (Å²) in [5.41, 5.74) is 3.90. The second kappa shape index (κ2) is 11.3. The number of methoxy groups -OCH3 is 1. The minimum absolute atomic E-state index is 0.00735. The predicted octanol–water partition coefficient (Wildman–Crippen LogP) is 4.34. The van der Waals surface area contributed by atoms with E-state index in [1.54, 1.807) is 42.4 Å². The fourth-order valence-corrected chi connectivity index (χ4v) is 3.83. The lowest BCUT2D eigenvalue weighted by Gasteiger charge is -2.18. The molecule has 0 radical (unpaired) electrons. The lowest BCUT2D eigenvalue weighted by atomic mass is 10.1. The van der Waals surface area contributed by atoms with Gasteiger partial charge in [-0.2, -0.15) is 5.26 Å². The van der Waals surface area contributed by atoms with Crippen LogP contribution in [0.4, 0.5) is 5.69 Å². The van der Waals surface area contributed by atoms with Crippen molar-refractivity contribution in [2.75, 3.05) is 32.1 Å². The van der Waals surface area contributed by atoms with E-state index in [1.807, 2.05) is 39.8 Å². The standard InChI is InChI=1S/C25H32N4O3/c1-7-28(8-2)25(31)20-9-11-23(12-10-20)27-24(30)22(15-26)14-21-13-17(3)29(19(21)5)18(4)16-32-6/h9-14,18H,7-8,16H2,1-6H3,(H,27,30). The molecule has 1 heterocycles. The van der Waals surface area contributed by atoms with E-state index >= 15 is 0 Å². The van der Waals surface area contributed by atoms with Gasteiger partial charge in [0.1, 0.15) is 11.6 Å². The monoisotopic (exact) mass is 436 g/mol. The van der Waals surface area contributed by atoms with Crippen LogP contribution in [0.15, 0.2) is 35.9 Å². The first kappa shape index (κ1) is 24.9. The molecule has 0 aliphatic heterocycles. The molecule has 1 aromatic heterocycles. The van der Waals surface area contributed by atoms with Gasteiger partial charge in [-0.3, -0.25) is 9.59 Å². The third kappa shape index (κ3) is 5.65. The van der Waals surface area contributed by atoms with Crippen LogP contribution < -0.4 is 5.32 Å². The number of aromatic nitrogens is 1. The van der Waals surface area contributed by atoms with Gasteiger partial charge < -0.3 is 19.5 Å². The Morgan fingerprint density at radius 3 is 2.38 bits per heavy atom. The minimum Gasteiger partial charge on any atom is -0.383 e. The van der Waals surface area contributed by atoms with Crippen molar-refractivity contribution < 1.29 is 14.3 Å². The highest BCUT2D eigenvalue weighted by molar-refractivity contribution is 6.10. The van der Waals surface area contributed by atoms with Crippen molar-refractivity contribution in [3.63, 3.8) is 0 Å². The molecule has 32 heavy (non-hydrogen) atoms. The molecule has 1 N–H and O–H groups in total. The second-order valence-electron chi connectivity index (χ2n) is 7.68. The SMILES string of the molecule is CCN(CC)C(=O)c1ccc(NC(=O)C(C#N)=Cc2cc(C)n(C(C)COC)c2C)cc1. The molecular formula is C25H32N4O3. The maximum atomic E-state index is 12.7. The molecule has 0 aliphatic carbocycles. The highest BCUT2D eigenvalue weighted by Gasteiger charge is 2.17. The van der Waals surface area contributed by atoms with Gasteiger partial charge in [0.25, 0.3) is 11.8 Å². The van der Waals surface area contributed by atoms with Crippen LogP contribution in [0.2, 0.25) is 0 Å².